The molecule has 0 unspecified atom stereocenters. The van der Waals surface area contributed by atoms with Crippen LogP contribution in [0.5, 0.6) is 0 Å². The number of aromatic nitrogens is 2. The van der Waals surface area contributed by atoms with Crippen LogP contribution in [0.1, 0.15) is 31.4 Å². The topological polar surface area (TPSA) is 108 Å². The lowest BCUT2D eigenvalue weighted by molar-refractivity contribution is 0.0922. The Hall–Kier alpha value is -2.56. The number of likely N-dealkylation sites (tertiary alicyclic amines) is 1. The van der Waals surface area contributed by atoms with Gasteiger partial charge in [-0.2, -0.15) is 5.26 Å². The van der Waals surface area contributed by atoms with Gasteiger partial charge in [-0.25, -0.2) is 9.59 Å². The fourth-order valence-electron chi connectivity index (χ4n) is 2.38. The number of ether oxygens (including phenoxy) is 1. The second kappa shape index (κ2) is 6.26. The summed E-state index contributed by atoms with van der Waals surface area (Å²) in [5.41, 5.74) is -1.31. The molecule has 2 rings (SSSR count). The van der Waals surface area contributed by atoms with Gasteiger partial charge in [-0.05, 0) is 19.8 Å². The first-order chi connectivity index (χ1) is 10.1. The van der Waals surface area contributed by atoms with Crippen molar-refractivity contribution in [1.29, 1.82) is 5.26 Å². The van der Waals surface area contributed by atoms with Crippen LogP contribution >= 0.6 is 0 Å². The van der Waals surface area contributed by atoms with Crippen LogP contribution < -0.4 is 11.2 Å². The molecule has 1 aromatic heterocycles. The molecule has 1 aliphatic heterocycles. The van der Waals surface area contributed by atoms with Gasteiger partial charge in [0.2, 0.25) is 0 Å². The number of amides is 1. The molecule has 8 nitrogen and oxygen atoms in total. The lowest BCUT2D eigenvalue weighted by Crippen LogP contribution is -2.42. The molecule has 0 atom stereocenters. The number of nitrogens with one attached hydrogen (secondary N) is 1. The largest absolute Gasteiger partial charge is 0.450 e. The van der Waals surface area contributed by atoms with Crippen molar-refractivity contribution < 1.29 is 9.53 Å². The minimum absolute atomic E-state index is 0.0950. The summed E-state index contributed by atoms with van der Waals surface area (Å²) in [5, 5.41) is 8.85. The maximum atomic E-state index is 11.8. The fourth-order valence-corrected chi connectivity index (χ4v) is 2.38. The summed E-state index contributed by atoms with van der Waals surface area (Å²) in [4.78, 5) is 38.5. The first kappa shape index (κ1) is 14.8. The zero-order valence-electron chi connectivity index (χ0n) is 11.7. The minimum atomic E-state index is -0.678. The van der Waals surface area contributed by atoms with E-state index in [4.69, 9.17) is 10.00 Å². The van der Waals surface area contributed by atoms with Crippen molar-refractivity contribution in [3.63, 3.8) is 0 Å². The molecule has 1 fully saturated rings. The van der Waals surface area contributed by atoms with Crippen LogP contribution in [0.3, 0.4) is 0 Å². The van der Waals surface area contributed by atoms with Gasteiger partial charge >= 0.3 is 11.8 Å². The zero-order chi connectivity index (χ0) is 15.4. The number of aromatic amines is 1. The van der Waals surface area contributed by atoms with Crippen molar-refractivity contribution in [1.82, 2.24) is 14.5 Å². The van der Waals surface area contributed by atoms with E-state index in [1.807, 2.05) is 0 Å². The van der Waals surface area contributed by atoms with Gasteiger partial charge in [0.1, 0.15) is 11.6 Å². The van der Waals surface area contributed by atoms with Crippen LogP contribution in [0.4, 0.5) is 4.79 Å². The Labute approximate surface area is 120 Å². The van der Waals surface area contributed by atoms with Crippen molar-refractivity contribution in [2.45, 2.75) is 25.8 Å². The standard InChI is InChI=1S/C13H16N4O4/c1-2-21-13(20)16-5-3-10(4-6-16)17-8-9(7-14)11(18)15-12(17)19/h8,10H,2-6H2,1H3,(H,15,18,19). The van der Waals surface area contributed by atoms with Gasteiger partial charge in [0, 0.05) is 25.3 Å². The molecule has 1 saturated heterocycles. The molecule has 0 radical (unpaired) electrons. The van der Waals surface area contributed by atoms with Crippen LogP contribution in [-0.4, -0.2) is 40.2 Å². The van der Waals surface area contributed by atoms with Gasteiger partial charge < -0.3 is 9.64 Å². The molecule has 2 heterocycles. The molecule has 21 heavy (non-hydrogen) atoms. The normalized spacial score (nSPS) is 15.5. The maximum Gasteiger partial charge on any atom is 0.409 e. The lowest BCUT2D eigenvalue weighted by Gasteiger charge is -2.31. The molecule has 0 aliphatic carbocycles. The van der Waals surface area contributed by atoms with E-state index in [0.29, 0.717) is 32.5 Å². The first-order valence-electron chi connectivity index (χ1n) is 6.74. The van der Waals surface area contributed by atoms with Crippen LogP contribution in [-0.2, 0) is 4.74 Å². The number of piperidine rings is 1. The smallest absolute Gasteiger partial charge is 0.409 e. The Kier molecular flexibility index (Phi) is 4.42. The van der Waals surface area contributed by atoms with E-state index < -0.39 is 11.2 Å². The van der Waals surface area contributed by atoms with Crippen molar-refractivity contribution >= 4 is 6.09 Å². The fraction of sp³-hybridized carbons (Fsp3) is 0.538. The van der Waals surface area contributed by atoms with E-state index >= 15 is 0 Å². The van der Waals surface area contributed by atoms with Gasteiger partial charge in [0.15, 0.2) is 0 Å². The number of H-pyrrole nitrogens is 1. The minimum Gasteiger partial charge on any atom is -0.450 e. The number of carbonyl (C=O) groups is 1. The predicted octanol–water partition coefficient (Wildman–Crippen LogP) is 0.202. The highest BCUT2D eigenvalue weighted by molar-refractivity contribution is 5.67. The Morgan fingerprint density at radius 3 is 2.71 bits per heavy atom. The molecule has 0 bridgehead atoms. The van der Waals surface area contributed by atoms with E-state index in [1.165, 1.54) is 10.8 Å². The zero-order valence-corrected chi connectivity index (χ0v) is 11.7. The highest BCUT2D eigenvalue weighted by Crippen LogP contribution is 2.21. The van der Waals surface area contributed by atoms with Crippen LogP contribution in [0.2, 0.25) is 0 Å². The van der Waals surface area contributed by atoms with Crippen molar-refractivity contribution in [3.05, 3.63) is 32.6 Å². The summed E-state index contributed by atoms with van der Waals surface area (Å²) in [6.07, 6.45) is 2.05. The maximum absolute atomic E-state index is 11.8. The molecular weight excluding hydrogens is 276 g/mol. The van der Waals surface area contributed by atoms with Crippen LogP contribution in [0, 0.1) is 11.3 Å². The second-order valence-corrected chi connectivity index (χ2v) is 4.74. The van der Waals surface area contributed by atoms with Crippen LogP contribution in [0.25, 0.3) is 0 Å². The SMILES string of the molecule is CCOC(=O)N1CCC(n2cc(C#N)c(=O)[nH]c2=O)CC1. The van der Waals surface area contributed by atoms with E-state index in [9.17, 15) is 14.4 Å². The van der Waals surface area contributed by atoms with Gasteiger partial charge in [0.25, 0.3) is 5.56 Å². The quantitative estimate of drug-likeness (QED) is 0.837. The van der Waals surface area contributed by atoms with E-state index in [-0.39, 0.29) is 17.7 Å². The summed E-state index contributed by atoms with van der Waals surface area (Å²) >= 11 is 0. The van der Waals surface area contributed by atoms with Gasteiger partial charge in [-0.3, -0.25) is 14.3 Å². The van der Waals surface area contributed by atoms with Crippen molar-refractivity contribution in [2.75, 3.05) is 19.7 Å². The van der Waals surface area contributed by atoms with Crippen molar-refractivity contribution in [3.8, 4) is 6.07 Å². The number of hydrogen-bond acceptors (Lipinski definition) is 5. The summed E-state index contributed by atoms with van der Waals surface area (Å²) in [5.74, 6) is 0. The average Bonchev–Trinajstić information content (AvgIpc) is 2.48. The Bertz CT molecular complexity index is 677. The number of nitrogens with zero attached hydrogens (tertiary/aromatic N) is 3. The first-order valence-corrected chi connectivity index (χ1v) is 6.74. The third kappa shape index (κ3) is 3.13. The van der Waals surface area contributed by atoms with Crippen LogP contribution in [0.15, 0.2) is 15.8 Å². The summed E-state index contributed by atoms with van der Waals surface area (Å²) < 4.78 is 6.29. The summed E-state index contributed by atoms with van der Waals surface area (Å²) in [7, 11) is 0. The summed E-state index contributed by atoms with van der Waals surface area (Å²) in [6.45, 7) is 3.01. The molecule has 0 aromatic carbocycles. The predicted molar refractivity (Wildman–Crippen MR) is 72.9 cm³/mol. The number of hydrogen-bond donors (Lipinski definition) is 1. The van der Waals surface area contributed by atoms with Gasteiger partial charge in [-0.15, -0.1) is 0 Å². The molecule has 0 saturated carbocycles. The highest BCUT2D eigenvalue weighted by atomic mass is 16.6. The van der Waals surface area contributed by atoms with E-state index in [2.05, 4.69) is 4.98 Å². The Balaban J connectivity index is 2.13. The van der Waals surface area contributed by atoms with E-state index in [1.54, 1.807) is 17.9 Å². The van der Waals surface area contributed by atoms with Gasteiger partial charge in [-0.1, -0.05) is 0 Å². The summed E-state index contributed by atoms with van der Waals surface area (Å²) in [6, 6.07) is 1.61. The third-order valence-corrected chi connectivity index (χ3v) is 3.47. The monoisotopic (exact) mass is 292 g/mol. The molecule has 1 N–H and O–H groups in total. The molecule has 112 valence electrons. The second-order valence-electron chi connectivity index (χ2n) is 4.74. The molecule has 1 amide bonds. The third-order valence-electron chi connectivity index (χ3n) is 3.47. The van der Waals surface area contributed by atoms with Crippen molar-refractivity contribution in [2.24, 2.45) is 0 Å². The molecule has 8 heteroatoms. The molecule has 1 aliphatic rings. The molecule has 1 aromatic rings. The molecule has 0 spiro atoms. The Morgan fingerprint density at radius 2 is 2.14 bits per heavy atom. The number of rotatable bonds is 2. The highest BCUT2D eigenvalue weighted by Gasteiger charge is 2.25. The number of nitriles is 1. The lowest BCUT2D eigenvalue weighted by atomic mass is 10.1. The number of carbonyl (C=O) groups excluding carboxylic acids is 1. The van der Waals surface area contributed by atoms with Gasteiger partial charge in [0.05, 0.1) is 6.61 Å². The average molecular weight is 292 g/mol. The van der Waals surface area contributed by atoms with E-state index in [0.717, 1.165) is 0 Å². The Morgan fingerprint density at radius 1 is 1.48 bits per heavy atom. The molecular formula is C13H16N4O4.